The highest BCUT2D eigenvalue weighted by molar-refractivity contribution is 6.35. The van der Waals surface area contributed by atoms with Gasteiger partial charge in [-0.15, -0.1) is 0 Å². The van der Waals surface area contributed by atoms with Crippen LogP contribution in [0.5, 0.6) is 0 Å². The van der Waals surface area contributed by atoms with Gasteiger partial charge in [-0.05, 0) is 55.4 Å². The minimum atomic E-state index is -4.81. The smallest absolute Gasteiger partial charge is 0.433 e. The largest absolute Gasteiger partial charge is 0.481 e. The maximum atomic E-state index is 14.3. The zero-order valence-corrected chi connectivity index (χ0v) is 22.1. The minimum Gasteiger partial charge on any atom is -0.481 e. The van der Waals surface area contributed by atoms with E-state index in [1.165, 1.54) is 17.3 Å². The van der Waals surface area contributed by atoms with Gasteiger partial charge in [0.25, 0.3) is 5.91 Å². The van der Waals surface area contributed by atoms with Crippen LogP contribution in [0.15, 0.2) is 18.6 Å². The van der Waals surface area contributed by atoms with Gasteiger partial charge in [0.05, 0.1) is 33.8 Å². The van der Waals surface area contributed by atoms with Crippen molar-refractivity contribution in [2.75, 3.05) is 13.1 Å². The lowest BCUT2D eigenvalue weighted by Crippen LogP contribution is -2.37. The molecule has 0 aromatic carbocycles. The van der Waals surface area contributed by atoms with E-state index >= 15 is 0 Å². The summed E-state index contributed by atoms with van der Waals surface area (Å²) < 4.78 is 43.8. The van der Waals surface area contributed by atoms with Crippen LogP contribution >= 0.6 is 23.2 Å². The molecule has 2 saturated carbocycles. The number of halogens is 5. The zero-order chi connectivity index (χ0) is 27.1. The number of carboxylic acids is 1. The van der Waals surface area contributed by atoms with Crippen LogP contribution < -0.4 is 0 Å². The lowest BCUT2D eigenvalue weighted by atomic mass is 9.86. The van der Waals surface area contributed by atoms with Gasteiger partial charge < -0.3 is 10.0 Å². The van der Waals surface area contributed by atoms with Crippen LogP contribution in [0, 0.1) is 17.3 Å². The molecule has 2 aromatic rings. The Kier molecular flexibility index (Phi) is 7.82. The SMILES string of the molecule is CC1(C)C[C@H]1CN(CCc1c(Cl)cncc1Cl)C(=O)c1cnn([C@H]2CC[C@H](C(=O)O)CC2)c1C(F)(F)F. The summed E-state index contributed by atoms with van der Waals surface area (Å²) in [6.45, 7) is 4.55. The van der Waals surface area contributed by atoms with Gasteiger partial charge >= 0.3 is 12.1 Å². The zero-order valence-electron chi connectivity index (χ0n) is 20.6. The predicted molar refractivity (Wildman–Crippen MR) is 132 cm³/mol. The van der Waals surface area contributed by atoms with E-state index in [1.807, 2.05) is 0 Å². The molecule has 1 N–H and O–H groups in total. The lowest BCUT2D eigenvalue weighted by Gasteiger charge is -2.28. The third kappa shape index (κ3) is 6.06. The monoisotopic (exact) mass is 560 g/mol. The number of rotatable bonds is 8. The number of amides is 1. The molecule has 0 spiro atoms. The summed E-state index contributed by atoms with van der Waals surface area (Å²) in [6, 6.07) is -0.626. The van der Waals surface area contributed by atoms with Gasteiger partial charge in [-0.1, -0.05) is 37.0 Å². The first-order chi connectivity index (χ1) is 17.3. The molecule has 4 rings (SSSR count). The van der Waals surface area contributed by atoms with Crippen molar-refractivity contribution < 1.29 is 27.9 Å². The first-order valence-corrected chi connectivity index (χ1v) is 13.0. The second-order valence-electron chi connectivity index (χ2n) is 10.7. The van der Waals surface area contributed by atoms with E-state index < -0.39 is 41.3 Å². The van der Waals surface area contributed by atoms with E-state index in [0.717, 1.165) is 17.3 Å². The van der Waals surface area contributed by atoms with Crippen molar-refractivity contribution in [1.82, 2.24) is 19.7 Å². The fourth-order valence-corrected chi connectivity index (χ4v) is 5.72. The first kappa shape index (κ1) is 27.7. The number of aliphatic carboxylic acids is 1. The topological polar surface area (TPSA) is 88.3 Å². The number of pyridine rings is 1. The van der Waals surface area contributed by atoms with E-state index in [2.05, 4.69) is 23.9 Å². The summed E-state index contributed by atoms with van der Waals surface area (Å²) in [6.07, 6.45) is 1.18. The number of carboxylic acid groups (broad SMARTS) is 1. The van der Waals surface area contributed by atoms with Crippen LogP contribution in [-0.4, -0.2) is 49.7 Å². The molecule has 2 aromatic heterocycles. The molecule has 0 radical (unpaired) electrons. The van der Waals surface area contributed by atoms with Crippen molar-refractivity contribution in [3.05, 3.63) is 45.5 Å². The summed E-state index contributed by atoms with van der Waals surface area (Å²) in [5.74, 6) is -2.11. The molecule has 7 nitrogen and oxygen atoms in total. The van der Waals surface area contributed by atoms with Crippen LogP contribution in [0.3, 0.4) is 0 Å². The Morgan fingerprint density at radius 1 is 1.14 bits per heavy atom. The molecule has 2 aliphatic carbocycles. The Bertz CT molecular complexity index is 1160. The van der Waals surface area contributed by atoms with Gasteiger partial charge in [0.1, 0.15) is 0 Å². The minimum absolute atomic E-state index is 0.00427. The van der Waals surface area contributed by atoms with Gasteiger partial charge in [0, 0.05) is 25.5 Å². The Morgan fingerprint density at radius 3 is 2.24 bits per heavy atom. The van der Waals surface area contributed by atoms with Crippen molar-refractivity contribution in [3.63, 3.8) is 0 Å². The number of carbonyl (C=O) groups is 2. The normalized spacial score (nSPS) is 23.1. The van der Waals surface area contributed by atoms with Crippen molar-refractivity contribution in [2.45, 2.75) is 64.6 Å². The molecule has 2 heterocycles. The number of nitrogens with zero attached hydrogens (tertiary/aromatic N) is 4. The third-order valence-electron chi connectivity index (χ3n) is 7.72. The number of aromatic nitrogens is 3. The molecular weight excluding hydrogens is 532 g/mol. The predicted octanol–water partition coefficient (Wildman–Crippen LogP) is 6.15. The Balaban J connectivity index is 1.61. The molecule has 37 heavy (non-hydrogen) atoms. The first-order valence-electron chi connectivity index (χ1n) is 12.2. The second-order valence-corrected chi connectivity index (χ2v) is 11.5. The average Bonchev–Trinajstić information content (AvgIpc) is 3.20. The van der Waals surface area contributed by atoms with Gasteiger partial charge in [0.15, 0.2) is 5.69 Å². The molecule has 1 atom stereocenters. The highest BCUT2D eigenvalue weighted by Gasteiger charge is 2.48. The van der Waals surface area contributed by atoms with Crippen LogP contribution in [0.1, 0.15) is 73.6 Å². The summed E-state index contributed by atoms with van der Waals surface area (Å²) in [7, 11) is 0. The average molecular weight is 561 g/mol. The van der Waals surface area contributed by atoms with Gasteiger partial charge in [0.2, 0.25) is 0 Å². The maximum Gasteiger partial charge on any atom is 0.433 e. The molecule has 2 fully saturated rings. The van der Waals surface area contributed by atoms with Gasteiger partial charge in [-0.25, -0.2) is 0 Å². The van der Waals surface area contributed by atoms with E-state index in [1.54, 1.807) is 0 Å². The van der Waals surface area contributed by atoms with E-state index in [-0.39, 0.29) is 50.0 Å². The lowest BCUT2D eigenvalue weighted by molar-refractivity contribution is -0.147. The van der Waals surface area contributed by atoms with Crippen LogP contribution in [0.4, 0.5) is 13.2 Å². The van der Waals surface area contributed by atoms with Crippen LogP contribution in [0.2, 0.25) is 10.0 Å². The fraction of sp³-hybridized carbons (Fsp3) is 0.600. The number of alkyl halides is 3. The highest BCUT2D eigenvalue weighted by Crippen LogP contribution is 2.52. The Hall–Kier alpha value is -2.33. The van der Waals surface area contributed by atoms with Crippen molar-refractivity contribution in [2.24, 2.45) is 17.3 Å². The van der Waals surface area contributed by atoms with Crippen molar-refractivity contribution in [3.8, 4) is 0 Å². The summed E-state index contributed by atoms with van der Waals surface area (Å²) >= 11 is 12.5. The number of carbonyl (C=O) groups excluding carboxylic acids is 1. The molecule has 2 aliphatic rings. The third-order valence-corrected chi connectivity index (χ3v) is 8.37. The highest BCUT2D eigenvalue weighted by atomic mass is 35.5. The summed E-state index contributed by atoms with van der Waals surface area (Å²) in [4.78, 5) is 30.2. The molecule has 12 heteroatoms. The van der Waals surface area contributed by atoms with E-state index in [9.17, 15) is 27.9 Å². The van der Waals surface area contributed by atoms with E-state index in [4.69, 9.17) is 23.2 Å². The van der Waals surface area contributed by atoms with Gasteiger partial charge in [-0.3, -0.25) is 19.3 Å². The summed E-state index contributed by atoms with van der Waals surface area (Å²) in [5, 5.41) is 13.9. The number of hydrogen-bond donors (Lipinski definition) is 1. The van der Waals surface area contributed by atoms with E-state index in [0.29, 0.717) is 22.2 Å². The molecule has 0 unspecified atom stereocenters. The standard InChI is InChI=1S/C25H29Cl2F3N4O3/c1-24(2)9-15(24)13-33(8-7-17-19(26)11-31-12-20(17)27)22(35)18-10-32-34(21(18)25(28,29)30)16-5-3-14(4-6-16)23(36)37/h10-12,14-16H,3-9,13H2,1-2H3,(H,36,37)/t14-,15-,16-/m0/s1. The fourth-order valence-electron chi connectivity index (χ4n) is 5.17. The van der Waals surface area contributed by atoms with Crippen LogP contribution in [-0.2, 0) is 17.4 Å². The summed E-state index contributed by atoms with van der Waals surface area (Å²) in [5.41, 5.74) is -1.01. The molecule has 0 aliphatic heterocycles. The van der Waals surface area contributed by atoms with Crippen molar-refractivity contribution in [1.29, 1.82) is 0 Å². The van der Waals surface area contributed by atoms with Gasteiger partial charge in [-0.2, -0.15) is 18.3 Å². The van der Waals surface area contributed by atoms with Crippen LogP contribution in [0.25, 0.3) is 0 Å². The molecule has 1 amide bonds. The quantitative estimate of drug-likeness (QED) is 0.418. The maximum absolute atomic E-state index is 14.3. The molecule has 202 valence electrons. The second kappa shape index (κ2) is 10.4. The molecule has 0 saturated heterocycles. The number of hydrogen-bond acceptors (Lipinski definition) is 4. The Morgan fingerprint density at radius 2 is 1.73 bits per heavy atom. The Labute approximate surface area is 222 Å². The molecule has 0 bridgehead atoms. The van der Waals surface area contributed by atoms with Crippen molar-refractivity contribution >= 4 is 35.1 Å². The molecular formula is C25H29Cl2F3N4O3.